The number of hydrogen-bond donors (Lipinski definition) is 0. The molecule has 2 aromatic carbocycles. The maximum Gasteiger partial charge on any atom is 0.231 e. The van der Waals surface area contributed by atoms with Gasteiger partial charge in [0.05, 0.1) is 12.2 Å². The van der Waals surface area contributed by atoms with E-state index in [1.165, 1.54) is 0 Å². The highest BCUT2D eigenvalue weighted by Crippen LogP contribution is 2.36. The first kappa shape index (κ1) is 17.5. The maximum atomic E-state index is 12.6. The van der Waals surface area contributed by atoms with Gasteiger partial charge in [0.15, 0.2) is 17.3 Å². The lowest BCUT2D eigenvalue weighted by Crippen LogP contribution is -2.15. The molecule has 0 unspecified atom stereocenters. The molecule has 0 spiro atoms. The average Bonchev–Trinajstić information content (AvgIpc) is 3.00. The van der Waals surface area contributed by atoms with Crippen LogP contribution in [-0.2, 0) is 0 Å². The van der Waals surface area contributed by atoms with E-state index >= 15 is 0 Å². The van der Waals surface area contributed by atoms with Crippen molar-refractivity contribution in [2.75, 3.05) is 19.8 Å². The van der Waals surface area contributed by atoms with E-state index in [0.717, 1.165) is 36.3 Å². The van der Waals surface area contributed by atoms with E-state index in [4.69, 9.17) is 18.9 Å². The molecule has 0 N–H and O–H groups in total. The van der Waals surface area contributed by atoms with Crippen molar-refractivity contribution in [3.63, 3.8) is 0 Å². The number of ketones is 1. The van der Waals surface area contributed by atoms with Gasteiger partial charge >= 0.3 is 0 Å². The van der Waals surface area contributed by atoms with E-state index in [2.05, 4.69) is 6.92 Å². The van der Waals surface area contributed by atoms with E-state index in [0.29, 0.717) is 42.6 Å². The van der Waals surface area contributed by atoms with Crippen LogP contribution in [0, 0.1) is 0 Å². The van der Waals surface area contributed by atoms with Crippen LogP contribution in [-0.4, -0.2) is 25.6 Å². The lowest BCUT2D eigenvalue weighted by molar-refractivity contribution is 0.101. The van der Waals surface area contributed by atoms with Gasteiger partial charge in [0.2, 0.25) is 5.78 Å². The summed E-state index contributed by atoms with van der Waals surface area (Å²) >= 11 is 0. The number of carbonyl (C=O) groups is 1. The number of Topliss-reactive ketones (excluding diaryl/α,β-unsaturated/α-hetero) is 1. The lowest BCUT2D eigenvalue weighted by Gasteiger charge is -2.18. The zero-order valence-corrected chi connectivity index (χ0v) is 15.3. The second kappa shape index (κ2) is 7.74. The summed E-state index contributed by atoms with van der Waals surface area (Å²) in [6.45, 7) is 3.90. The summed E-state index contributed by atoms with van der Waals surface area (Å²) in [6.07, 6.45) is 5.03. The minimum Gasteiger partial charge on any atom is -0.493 e. The van der Waals surface area contributed by atoms with Crippen LogP contribution in [0.5, 0.6) is 23.0 Å². The molecule has 0 amide bonds. The number of benzene rings is 2. The van der Waals surface area contributed by atoms with Crippen molar-refractivity contribution in [1.82, 2.24) is 0 Å². The third-order valence-electron chi connectivity index (χ3n) is 4.52. The summed E-state index contributed by atoms with van der Waals surface area (Å²) in [5.74, 6) is 2.83. The summed E-state index contributed by atoms with van der Waals surface area (Å²) in [7, 11) is 0. The fraction of sp³-hybridized carbons (Fsp3) is 0.318. The van der Waals surface area contributed by atoms with Crippen LogP contribution in [0.25, 0.3) is 6.08 Å². The van der Waals surface area contributed by atoms with E-state index in [-0.39, 0.29) is 5.78 Å². The molecule has 140 valence electrons. The average molecular weight is 366 g/mol. The number of fused-ring (bicyclic) bond motifs is 2. The Labute approximate surface area is 158 Å². The first-order valence-corrected chi connectivity index (χ1v) is 9.35. The second-order valence-electron chi connectivity index (χ2n) is 6.56. The SMILES string of the molecule is CCCCCOc1ccc2c(c1)OC(=Cc1ccc3c(c1)OCCO3)C2=O. The number of allylic oxidation sites excluding steroid dienone is 1. The fourth-order valence-corrected chi connectivity index (χ4v) is 3.10. The number of rotatable bonds is 6. The second-order valence-corrected chi connectivity index (χ2v) is 6.56. The standard InChI is InChI=1S/C22H22O5/c1-2-3-4-9-24-16-6-7-17-19(14-16)27-21(22(17)23)13-15-5-8-18-20(12-15)26-11-10-25-18/h5-8,12-14H,2-4,9-11H2,1H3. The van der Waals surface area contributed by atoms with Gasteiger partial charge in [-0.25, -0.2) is 0 Å². The van der Waals surface area contributed by atoms with Crippen molar-refractivity contribution in [3.8, 4) is 23.0 Å². The van der Waals surface area contributed by atoms with Crippen molar-refractivity contribution >= 4 is 11.9 Å². The molecule has 0 fully saturated rings. The molecule has 0 aliphatic carbocycles. The van der Waals surface area contributed by atoms with Gasteiger partial charge in [0.25, 0.3) is 0 Å². The van der Waals surface area contributed by atoms with Crippen molar-refractivity contribution in [2.45, 2.75) is 26.2 Å². The minimum atomic E-state index is -0.127. The van der Waals surface area contributed by atoms with Crippen LogP contribution < -0.4 is 18.9 Å². The number of carbonyl (C=O) groups excluding carboxylic acids is 1. The third-order valence-corrected chi connectivity index (χ3v) is 4.52. The molecule has 0 saturated heterocycles. The third kappa shape index (κ3) is 3.77. The highest BCUT2D eigenvalue weighted by Gasteiger charge is 2.28. The zero-order chi connectivity index (χ0) is 18.6. The Morgan fingerprint density at radius 1 is 1.00 bits per heavy atom. The van der Waals surface area contributed by atoms with E-state index in [1.54, 1.807) is 18.2 Å². The molecule has 0 bridgehead atoms. The Hall–Kier alpha value is -2.95. The molecule has 5 nitrogen and oxygen atoms in total. The zero-order valence-electron chi connectivity index (χ0n) is 15.3. The van der Waals surface area contributed by atoms with E-state index < -0.39 is 0 Å². The quantitative estimate of drug-likeness (QED) is 0.550. The van der Waals surface area contributed by atoms with Crippen molar-refractivity contribution in [3.05, 3.63) is 53.3 Å². The molecule has 27 heavy (non-hydrogen) atoms. The Morgan fingerprint density at radius 2 is 1.85 bits per heavy atom. The first-order chi connectivity index (χ1) is 13.2. The van der Waals surface area contributed by atoms with Gasteiger partial charge < -0.3 is 18.9 Å². The maximum absolute atomic E-state index is 12.6. The molecular weight excluding hydrogens is 344 g/mol. The van der Waals surface area contributed by atoms with Gasteiger partial charge in [0, 0.05) is 6.07 Å². The molecule has 0 atom stereocenters. The lowest BCUT2D eigenvalue weighted by atomic mass is 10.1. The van der Waals surface area contributed by atoms with Gasteiger partial charge in [0.1, 0.15) is 24.7 Å². The van der Waals surface area contributed by atoms with E-state index in [9.17, 15) is 4.79 Å². The minimum absolute atomic E-state index is 0.127. The highest BCUT2D eigenvalue weighted by molar-refractivity contribution is 6.14. The summed E-state index contributed by atoms with van der Waals surface area (Å²) in [6, 6.07) is 10.9. The molecular formula is C22H22O5. The van der Waals surface area contributed by atoms with Crippen molar-refractivity contribution in [1.29, 1.82) is 0 Å². The van der Waals surface area contributed by atoms with Crippen LogP contribution in [0.1, 0.15) is 42.1 Å². The largest absolute Gasteiger partial charge is 0.493 e. The molecule has 0 radical (unpaired) electrons. The van der Waals surface area contributed by atoms with E-state index in [1.807, 2.05) is 24.3 Å². The summed E-state index contributed by atoms with van der Waals surface area (Å²) in [5, 5.41) is 0. The molecule has 2 aliphatic heterocycles. The van der Waals surface area contributed by atoms with Crippen LogP contribution in [0.2, 0.25) is 0 Å². The topological polar surface area (TPSA) is 54.0 Å². The number of ether oxygens (including phenoxy) is 4. The molecule has 0 saturated carbocycles. The van der Waals surface area contributed by atoms with Gasteiger partial charge in [-0.2, -0.15) is 0 Å². The van der Waals surface area contributed by atoms with Gasteiger partial charge in [-0.05, 0) is 42.3 Å². The summed E-state index contributed by atoms with van der Waals surface area (Å²) in [4.78, 5) is 12.6. The van der Waals surface area contributed by atoms with Crippen molar-refractivity contribution < 1.29 is 23.7 Å². The molecule has 2 aromatic rings. The summed E-state index contributed by atoms with van der Waals surface area (Å²) in [5.41, 5.74) is 1.38. The first-order valence-electron chi connectivity index (χ1n) is 9.35. The Balaban J connectivity index is 1.50. The predicted octanol–water partition coefficient (Wildman–Crippen LogP) is 4.64. The summed E-state index contributed by atoms with van der Waals surface area (Å²) < 4.78 is 22.7. The Bertz CT molecular complexity index is 884. The van der Waals surface area contributed by atoms with Crippen LogP contribution in [0.15, 0.2) is 42.2 Å². The Kier molecular flexibility index (Phi) is 5.01. The van der Waals surface area contributed by atoms with Crippen LogP contribution >= 0.6 is 0 Å². The molecule has 4 rings (SSSR count). The van der Waals surface area contributed by atoms with Crippen molar-refractivity contribution in [2.24, 2.45) is 0 Å². The van der Waals surface area contributed by atoms with Crippen LogP contribution in [0.4, 0.5) is 0 Å². The molecule has 0 aromatic heterocycles. The van der Waals surface area contributed by atoms with Gasteiger partial charge in [-0.1, -0.05) is 25.8 Å². The molecule has 5 heteroatoms. The van der Waals surface area contributed by atoms with Gasteiger partial charge in [-0.15, -0.1) is 0 Å². The molecule has 2 aliphatic rings. The monoisotopic (exact) mass is 366 g/mol. The predicted molar refractivity (Wildman–Crippen MR) is 102 cm³/mol. The van der Waals surface area contributed by atoms with Gasteiger partial charge in [-0.3, -0.25) is 4.79 Å². The number of hydrogen-bond acceptors (Lipinski definition) is 5. The normalized spacial score (nSPS) is 16.2. The smallest absolute Gasteiger partial charge is 0.231 e. The highest BCUT2D eigenvalue weighted by atomic mass is 16.6. The van der Waals surface area contributed by atoms with Crippen LogP contribution in [0.3, 0.4) is 0 Å². The fourth-order valence-electron chi connectivity index (χ4n) is 3.10. The number of unbranched alkanes of at least 4 members (excludes halogenated alkanes) is 2. The molecule has 2 heterocycles. The Morgan fingerprint density at radius 3 is 2.70 bits per heavy atom.